The van der Waals surface area contributed by atoms with Gasteiger partial charge in [-0.25, -0.2) is 9.37 Å². The van der Waals surface area contributed by atoms with Crippen molar-refractivity contribution in [3.63, 3.8) is 0 Å². The number of imidazole rings is 1. The van der Waals surface area contributed by atoms with E-state index in [9.17, 15) is 9.18 Å². The zero-order valence-electron chi connectivity index (χ0n) is 10.6. The third-order valence-corrected chi connectivity index (χ3v) is 3.95. The number of hydrogen-bond donors (Lipinski definition) is 1. The van der Waals surface area contributed by atoms with Gasteiger partial charge in [0.25, 0.3) is 0 Å². The van der Waals surface area contributed by atoms with Crippen molar-refractivity contribution in [1.82, 2.24) is 9.38 Å². The monoisotopic (exact) mass is 290 g/mol. The Morgan fingerprint density at radius 2 is 2.10 bits per heavy atom. The molecule has 2 aromatic heterocycles. The van der Waals surface area contributed by atoms with Gasteiger partial charge in [-0.15, -0.1) is 0 Å². The number of thiazole rings is 1. The molecule has 0 aliphatic carbocycles. The highest BCUT2D eigenvalue weighted by atomic mass is 32.1. The van der Waals surface area contributed by atoms with Gasteiger partial charge in [-0.3, -0.25) is 9.20 Å². The van der Waals surface area contributed by atoms with E-state index in [2.05, 4.69) is 4.98 Å². The Morgan fingerprint density at radius 1 is 1.40 bits per heavy atom. The summed E-state index contributed by atoms with van der Waals surface area (Å²) in [5.74, 6) is -0.458. The third-order valence-electron chi connectivity index (χ3n) is 2.98. The molecule has 0 fully saturated rings. The highest BCUT2D eigenvalue weighted by Gasteiger charge is 2.19. The summed E-state index contributed by atoms with van der Waals surface area (Å²) in [4.78, 5) is 17.7. The summed E-state index contributed by atoms with van der Waals surface area (Å²) in [5, 5.41) is 9.15. The second kappa shape index (κ2) is 4.81. The maximum atomic E-state index is 13.0. The highest BCUT2D eigenvalue weighted by molar-refractivity contribution is 7.17. The molecule has 0 bridgehead atoms. The molecule has 0 aliphatic heterocycles. The molecular formula is C14H11FN2O2S. The van der Waals surface area contributed by atoms with Crippen molar-refractivity contribution >= 4 is 22.1 Å². The van der Waals surface area contributed by atoms with Crippen LogP contribution in [0, 0.1) is 5.82 Å². The topological polar surface area (TPSA) is 54.6 Å². The number of halogens is 1. The van der Waals surface area contributed by atoms with Crippen LogP contribution in [-0.2, 0) is 6.61 Å². The predicted molar refractivity (Wildman–Crippen MR) is 74.4 cm³/mol. The van der Waals surface area contributed by atoms with Crippen molar-refractivity contribution in [2.75, 3.05) is 0 Å². The van der Waals surface area contributed by atoms with Crippen molar-refractivity contribution in [1.29, 1.82) is 0 Å². The number of carbonyl (C=O) groups is 1. The first-order valence-corrected chi connectivity index (χ1v) is 6.80. The van der Waals surface area contributed by atoms with Gasteiger partial charge in [0.1, 0.15) is 17.2 Å². The van der Waals surface area contributed by atoms with Crippen molar-refractivity contribution in [3.05, 3.63) is 46.9 Å². The van der Waals surface area contributed by atoms with E-state index >= 15 is 0 Å². The molecule has 1 N–H and O–H groups in total. The van der Waals surface area contributed by atoms with E-state index in [1.54, 1.807) is 22.7 Å². The summed E-state index contributed by atoms with van der Waals surface area (Å²) in [5.41, 5.74) is 1.67. The van der Waals surface area contributed by atoms with E-state index in [1.165, 1.54) is 30.4 Å². The lowest BCUT2D eigenvalue weighted by molar-refractivity contribution is 0.101. The molecule has 3 aromatic rings. The molecule has 0 radical (unpaired) electrons. The maximum Gasteiger partial charge on any atom is 0.195 e. The second-order valence-corrected chi connectivity index (χ2v) is 5.47. The molecule has 4 nitrogen and oxygen atoms in total. The number of aromatic nitrogens is 2. The van der Waals surface area contributed by atoms with Gasteiger partial charge in [0.05, 0.1) is 11.5 Å². The average Bonchev–Trinajstić information content (AvgIpc) is 2.95. The van der Waals surface area contributed by atoms with E-state index in [1.807, 2.05) is 0 Å². The number of fused-ring (bicyclic) bond motifs is 1. The van der Waals surface area contributed by atoms with E-state index in [0.29, 0.717) is 21.9 Å². The number of carbonyl (C=O) groups excluding carboxylic acids is 1. The van der Waals surface area contributed by atoms with Gasteiger partial charge in [-0.2, -0.15) is 0 Å². The number of benzene rings is 1. The minimum atomic E-state index is -0.332. The number of Topliss-reactive ketones (excluding diaryl/α,β-unsaturated/α-hetero) is 1. The fourth-order valence-corrected chi connectivity index (χ4v) is 2.95. The van der Waals surface area contributed by atoms with Crippen LogP contribution in [0.5, 0.6) is 0 Å². The Balaban J connectivity index is 2.24. The number of nitrogens with zero attached hydrogens (tertiary/aromatic N) is 2. The van der Waals surface area contributed by atoms with Crippen molar-refractivity contribution in [3.8, 4) is 11.3 Å². The Hall–Kier alpha value is -2.05. The average molecular weight is 290 g/mol. The van der Waals surface area contributed by atoms with Gasteiger partial charge in [0.15, 0.2) is 10.7 Å². The van der Waals surface area contributed by atoms with Gasteiger partial charge >= 0.3 is 0 Å². The summed E-state index contributed by atoms with van der Waals surface area (Å²) in [7, 11) is 0. The van der Waals surface area contributed by atoms with Crippen molar-refractivity contribution in [2.45, 2.75) is 13.5 Å². The number of rotatable bonds is 3. The van der Waals surface area contributed by atoms with Crippen LogP contribution in [0.25, 0.3) is 16.2 Å². The predicted octanol–water partition coefficient (Wildman–Crippen LogP) is 2.90. The van der Waals surface area contributed by atoms with E-state index in [-0.39, 0.29) is 18.2 Å². The molecule has 0 amide bonds. The lowest BCUT2D eigenvalue weighted by Gasteiger charge is -2.01. The Labute approximate surface area is 118 Å². The minimum Gasteiger partial charge on any atom is -0.391 e. The smallest absolute Gasteiger partial charge is 0.195 e. The van der Waals surface area contributed by atoms with Crippen LogP contribution in [0.4, 0.5) is 4.39 Å². The van der Waals surface area contributed by atoms with Crippen LogP contribution in [0.1, 0.15) is 22.3 Å². The van der Waals surface area contributed by atoms with Crippen molar-refractivity contribution in [2.24, 2.45) is 0 Å². The third kappa shape index (κ3) is 2.03. The van der Waals surface area contributed by atoms with Crippen LogP contribution in [-0.4, -0.2) is 20.3 Å². The van der Waals surface area contributed by atoms with Gasteiger partial charge in [-0.1, -0.05) is 11.3 Å². The Morgan fingerprint density at radius 3 is 2.70 bits per heavy atom. The lowest BCUT2D eigenvalue weighted by atomic mass is 10.1. The summed E-state index contributed by atoms with van der Waals surface area (Å²) in [6.07, 6.45) is 1.71. The molecule has 0 saturated carbocycles. The maximum absolute atomic E-state index is 13.0. The van der Waals surface area contributed by atoms with Gasteiger partial charge in [-0.05, 0) is 24.3 Å². The standard InChI is InChI=1S/C14H11FN2O2S/c1-8(19)13-12(9-2-4-10(15)5-3-9)16-14-17(13)6-11(7-18)20-14/h2-6,18H,7H2,1H3. The zero-order chi connectivity index (χ0) is 14.3. The van der Waals surface area contributed by atoms with Crippen molar-refractivity contribution < 1.29 is 14.3 Å². The largest absolute Gasteiger partial charge is 0.391 e. The number of hydrogen-bond acceptors (Lipinski definition) is 4. The lowest BCUT2D eigenvalue weighted by Crippen LogP contribution is -1.99. The van der Waals surface area contributed by atoms with Crippen LogP contribution >= 0.6 is 11.3 Å². The van der Waals surface area contributed by atoms with Gasteiger partial charge in [0.2, 0.25) is 0 Å². The van der Waals surface area contributed by atoms with Crippen LogP contribution in [0.2, 0.25) is 0 Å². The molecular weight excluding hydrogens is 279 g/mol. The Bertz CT molecular complexity index is 789. The molecule has 0 atom stereocenters. The number of aliphatic hydroxyl groups excluding tert-OH is 1. The van der Waals surface area contributed by atoms with Gasteiger partial charge < -0.3 is 5.11 Å². The normalized spacial score (nSPS) is 11.2. The van der Waals surface area contributed by atoms with E-state index in [4.69, 9.17) is 5.11 Å². The van der Waals surface area contributed by atoms with E-state index < -0.39 is 0 Å². The molecule has 0 unspecified atom stereocenters. The first-order valence-electron chi connectivity index (χ1n) is 5.98. The molecule has 3 rings (SSSR count). The zero-order valence-corrected chi connectivity index (χ0v) is 11.4. The molecule has 6 heteroatoms. The number of ketones is 1. The Kier molecular flexibility index (Phi) is 3.11. The molecule has 0 saturated heterocycles. The molecule has 1 aromatic carbocycles. The van der Waals surface area contributed by atoms with Crippen LogP contribution < -0.4 is 0 Å². The highest BCUT2D eigenvalue weighted by Crippen LogP contribution is 2.29. The fraction of sp³-hybridized carbons (Fsp3) is 0.143. The molecule has 0 spiro atoms. The molecule has 102 valence electrons. The summed E-state index contributed by atoms with van der Waals surface area (Å²) < 4.78 is 14.7. The SMILES string of the molecule is CC(=O)c1c(-c2ccc(F)cc2)nc2sc(CO)cn12. The first-order chi connectivity index (χ1) is 9.60. The van der Waals surface area contributed by atoms with Gasteiger partial charge in [0, 0.05) is 18.7 Å². The fourth-order valence-electron chi connectivity index (χ4n) is 2.11. The molecule has 0 aliphatic rings. The van der Waals surface area contributed by atoms with Crippen LogP contribution in [0.3, 0.4) is 0 Å². The minimum absolute atomic E-state index is 0.0861. The first kappa shape index (κ1) is 13.0. The summed E-state index contributed by atoms with van der Waals surface area (Å²) in [6.45, 7) is 1.38. The summed E-state index contributed by atoms with van der Waals surface area (Å²) in [6, 6.07) is 5.88. The van der Waals surface area contributed by atoms with E-state index in [0.717, 1.165) is 4.88 Å². The summed E-state index contributed by atoms with van der Waals surface area (Å²) >= 11 is 1.32. The number of aliphatic hydroxyl groups is 1. The molecule has 2 heterocycles. The quantitative estimate of drug-likeness (QED) is 0.755. The second-order valence-electron chi connectivity index (χ2n) is 4.38. The molecule has 20 heavy (non-hydrogen) atoms. The van der Waals surface area contributed by atoms with Crippen LogP contribution in [0.15, 0.2) is 30.5 Å².